The van der Waals surface area contributed by atoms with E-state index in [0.717, 1.165) is 21.8 Å². The Morgan fingerprint density at radius 2 is 2.10 bits per heavy atom. The van der Waals surface area contributed by atoms with Gasteiger partial charge in [0.1, 0.15) is 16.3 Å². The van der Waals surface area contributed by atoms with Gasteiger partial charge in [0.15, 0.2) is 0 Å². The molecule has 5 rings (SSSR count). The number of nitrogens with zero attached hydrogens (tertiary/aromatic N) is 3. The lowest BCUT2D eigenvalue weighted by Gasteiger charge is -2.33. The van der Waals surface area contributed by atoms with Gasteiger partial charge in [0, 0.05) is 41.6 Å². The van der Waals surface area contributed by atoms with Crippen LogP contribution in [0, 0.1) is 6.92 Å². The number of pyridine rings is 1. The van der Waals surface area contributed by atoms with Crippen LogP contribution in [0.5, 0.6) is 0 Å². The van der Waals surface area contributed by atoms with Crippen molar-refractivity contribution in [2.45, 2.75) is 31.6 Å². The Labute approximate surface area is 175 Å². The number of nitrogens with one attached hydrogen (secondary N) is 1. The molecule has 0 saturated heterocycles. The first-order chi connectivity index (χ1) is 14.4. The van der Waals surface area contributed by atoms with Gasteiger partial charge in [0.05, 0.1) is 11.9 Å². The fourth-order valence-electron chi connectivity index (χ4n) is 3.65. The second kappa shape index (κ2) is 6.98. The lowest BCUT2D eigenvalue weighted by atomic mass is 9.79. The number of thiazole rings is 1. The van der Waals surface area contributed by atoms with Crippen LogP contribution in [-0.4, -0.2) is 26.2 Å². The largest absolute Gasteiger partial charge is 0.320 e. The summed E-state index contributed by atoms with van der Waals surface area (Å²) in [6, 6.07) is 11.3. The summed E-state index contributed by atoms with van der Waals surface area (Å²) in [6.07, 6.45) is 3.07. The molecular weight excluding hydrogens is 406 g/mol. The van der Waals surface area contributed by atoms with Gasteiger partial charge >= 0.3 is 0 Å². The van der Waals surface area contributed by atoms with Crippen LogP contribution >= 0.6 is 11.3 Å². The molecule has 1 aromatic carbocycles. The van der Waals surface area contributed by atoms with Gasteiger partial charge in [-0.15, -0.1) is 11.3 Å². The lowest BCUT2D eigenvalue weighted by molar-refractivity contribution is -0.0874. The first-order valence-corrected chi connectivity index (χ1v) is 10.5. The molecule has 0 radical (unpaired) electrons. The molecule has 0 atom stereocenters. The standard InChI is InChI=1S/C22H18F2N4OS/c1-13-5-6-14(21-27-17(12-30-21)15-9-22(23,24)10-15)8-16(13)26-20(29)18-11-25-19-4-2-3-7-28(18)19/h2-8,11-12,15H,9-10H2,1H3,(H,26,29). The van der Waals surface area contributed by atoms with E-state index in [0.29, 0.717) is 17.0 Å². The Morgan fingerprint density at radius 3 is 2.90 bits per heavy atom. The number of fused-ring (bicyclic) bond motifs is 1. The second-order valence-electron chi connectivity index (χ2n) is 7.59. The molecule has 30 heavy (non-hydrogen) atoms. The number of benzene rings is 1. The maximum atomic E-state index is 13.2. The van der Waals surface area contributed by atoms with Crippen LogP contribution in [0.4, 0.5) is 14.5 Å². The van der Waals surface area contributed by atoms with Crippen LogP contribution in [0.1, 0.15) is 40.5 Å². The molecule has 1 saturated carbocycles. The van der Waals surface area contributed by atoms with Gasteiger partial charge in [-0.3, -0.25) is 9.20 Å². The smallest absolute Gasteiger partial charge is 0.274 e. The number of aryl methyl sites for hydroxylation is 1. The van der Waals surface area contributed by atoms with Gasteiger partial charge in [0.2, 0.25) is 5.92 Å². The Morgan fingerprint density at radius 1 is 1.27 bits per heavy atom. The number of aromatic nitrogens is 3. The molecule has 1 amide bonds. The SMILES string of the molecule is Cc1ccc(-c2nc(C3CC(F)(F)C3)cs2)cc1NC(=O)c1cnc2ccccn12. The predicted octanol–water partition coefficient (Wildman–Crippen LogP) is 5.53. The summed E-state index contributed by atoms with van der Waals surface area (Å²) < 4.78 is 28.1. The van der Waals surface area contributed by atoms with E-state index in [4.69, 9.17) is 0 Å². The van der Waals surface area contributed by atoms with Crippen LogP contribution in [0.3, 0.4) is 0 Å². The Kier molecular flexibility index (Phi) is 4.39. The van der Waals surface area contributed by atoms with Gasteiger partial charge in [-0.1, -0.05) is 18.2 Å². The average molecular weight is 424 g/mol. The van der Waals surface area contributed by atoms with Crippen molar-refractivity contribution in [3.63, 3.8) is 0 Å². The molecule has 4 aromatic rings. The van der Waals surface area contributed by atoms with E-state index in [1.54, 1.807) is 16.8 Å². The second-order valence-corrected chi connectivity index (χ2v) is 8.45. The van der Waals surface area contributed by atoms with Crippen molar-refractivity contribution in [3.05, 3.63) is 71.1 Å². The third-order valence-electron chi connectivity index (χ3n) is 5.41. The molecule has 8 heteroatoms. The third-order valence-corrected chi connectivity index (χ3v) is 6.32. The highest BCUT2D eigenvalue weighted by molar-refractivity contribution is 7.13. The number of halogens is 2. The number of imidazole rings is 1. The summed E-state index contributed by atoms with van der Waals surface area (Å²) in [7, 11) is 0. The van der Waals surface area contributed by atoms with E-state index >= 15 is 0 Å². The number of amides is 1. The van der Waals surface area contributed by atoms with Crippen molar-refractivity contribution >= 4 is 28.6 Å². The highest BCUT2D eigenvalue weighted by Crippen LogP contribution is 2.48. The zero-order valence-electron chi connectivity index (χ0n) is 16.1. The van der Waals surface area contributed by atoms with Crippen LogP contribution in [0.15, 0.2) is 54.2 Å². The molecule has 0 spiro atoms. The van der Waals surface area contributed by atoms with Crippen molar-refractivity contribution < 1.29 is 13.6 Å². The van der Waals surface area contributed by atoms with Crippen LogP contribution in [0.25, 0.3) is 16.2 Å². The molecule has 1 aliphatic rings. The van der Waals surface area contributed by atoms with Crippen LogP contribution < -0.4 is 5.32 Å². The minimum absolute atomic E-state index is 0.134. The number of rotatable bonds is 4. The van der Waals surface area contributed by atoms with Gasteiger partial charge in [-0.2, -0.15) is 0 Å². The van der Waals surface area contributed by atoms with Crippen LogP contribution in [-0.2, 0) is 0 Å². The molecule has 1 N–H and O–H groups in total. The molecule has 3 heterocycles. The van der Waals surface area contributed by atoms with Crippen LogP contribution in [0.2, 0.25) is 0 Å². The minimum Gasteiger partial charge on any atom is -0.320 e. The van der Waals surface area contributed by atoms with Crippen molar-refractivity contribution in [3.8, 4) is 10.6 Å². The number of carbonyl (C=O) groups is 1. The van der Waals surface area contributed by atoms with Crippen molar-refractivity contribution in [1.82, 2.24) is 14.4 Å². The summed E-state index contributed by atoms with van der Waals surface area (Å²) in [6.45, 7) is 1.91. The third kappa shape index (κ3) is 3.37. The molecule has 3 aromatic heterocycles. The average Bonchev–Trinajstić information content (AvgIpc) is 3.35. The van der Waals surface area contributed by atoms with E-state index in [9.17, 15) is 13.6 Å². The molecular formula is C22H18F2N4OS. The van der Waals surface area contributed by atoms with E-state index in [2.05, 4.69) is 15.3 Å². The topological polar surface area (TPSA) is 59.3 Å². The molecule has 0 aliphatic heterocycles. The monoisotopic (exact) mass is 424 g/mol. The van der Waals surface area contributed by atoms with E-state index in [1.807, 2.05) is 48.7 Å². The van der Waals surface area contributed by atoms with Gasteiger partial charge < -0.3 is 5.32 Å². The van der Waals surface area contributed by atoms with Gasteiger partial charge in [-0.25, -0.2) is 18.7 Å². The quantitative estimate of drug-likeness (QED) is 0.469. The summed E-state index contributed by atoms with van der Waals surface area (Å²) in [5.41, 5.74) is 4.30. The highest BCUT2D eigenvalue weighted by atomic mass is 32.1. The predicted molar refractivity (Wildman–Crippen MR) is 112 cm³/mol. The number of hydrogen-bond acceptors (Lipinski definition) is 4. The summed E-state index contributed by atoms with van der Waals surface area (Å²) in [5.74, 6) is -3.00. The fraction of sp³-hybridized carbons (Fsp3) is 0.227. The maximum absolute atomic E-state index is 13.2. The van der Waals surface area contributed by atoms with Crippen molar-refractivity contribution in [2.75, 3.05) is 5.32 Å². The van der Waals surface area contributed by atoms with E-state index < -0.39 is 5.92 Å². The highest BCUT2D eigenvalue weighted by Gasteiger charge is 2.46. The maximum Gasteiger partial charge on any atom is 0.274 e. The first kappa shape index (κ1) is 18.9. The molecule has 0 unspecified atom stereocenters. The number of carbonyl (C=O) groups excluding carboxylic acids is 1. The molecule has 1 fully saturated rings. The summed E-state index contributed by atoms with van der Waals surface area (Å²) in [4.78, 5) is 21.7. The van der Waals surface area contributed by atoms with E-state index in [1.165, 1.54) is 11.3 Å². The number of anilines is 1. The van der Waals surface area contributed by atoms with E-state index in [-0.39, 0.29) is 24.7 Å². The minimum atomic E-state index is -2.56. The fourth-order valence-corrected chi connectivity index (χ4v) is 4.55. The zero-order valence-corrected chi connectivity index (χ0v) is 16.9. The summed E-state index contributed by atoms with van der Waals surface area (Å²) >= 11 is 1.43. The summed E-state index contributed by atoms with van der Waals surface area (Å²) in [5, 5.41) is 5.56. The van der Waals surface area contributed by atoms with Gasteiger partial charge in [0.25, 0.3) is 5.91 Å². The first-order valence-electron chi connectivity index (χ1n) is 9.57. The Balaban J connectivity index is 1.39. The normalized spacial score (nSPS) is 15.8. The Hall–Kier alpha value is -3.13. The molecule has 5 nitrogen and oxygen atoms in total. The Bertz CT molecular complexity index is 1260. The number of alkyl halides is 2. The zero-order chi connectivity index (χ0) is 20.9. The number of hydrogen-bond donors (Lipinski definition) is 1. The molecule has 152 valence electrons. The van der Waals surface area contributed by atoms with Crippen molar-refractivity contribution in [2.24, 2.45) is 0 Å². The molecule has 1 aliphatic carbocycles. The van der Waals surface area contributed by atoms with Gasteiger partial charge in [-0.05, 0) is 30.7 Å². The lowest BCUT2D eigenvalue weighted by Crippen LogP contribution is -2.33. The van der Waals surface area contributed by atoms with Crippen molar-refractivity contribution in [1.29, 1.82) is 0 Å². The molecule has 0 bridgehead atoms.